The molecule has 0 fully saturated rings. The molecule has 2 aromatic carbocycles. The minimum atomic E-state index is -0.205. The van der Waals surface area contributed by atoms with Crippen LogP contribution in [0.2, 0.25) is 0 Å². The molecule has 92 valence electrons. The summed E-state index contributed by atoms with van der Waals surface area (Å²) in [5.41, 5.74) is 8.57. The van der Waals surface area contributed by atoms with Crippen molar-refractivity contribution in [2.75, 3.05) is 11.1 Å². The number of hydrogen-bond acceptors (Lipinski definition) is 2. The number of benzene rings is 2. The summed E-state index contributed by atoms with van der Waals surface area (Å²) in [6, 6.07) is 12.7. The van der Waals surface area contributed by atoms with Crippen LogP contribution in [0.15, 0.2) is 46.9 Å². The number of carbonyl (C=O) groups excluding carboxylic acids is 1. The van der Waals surface area contributed by atoms with E-state index in [2.05, 4.69) is 21.2 Å². The van der Waals surface area contributed by atoms with E-state index in [1.54, 1.807) is 24.3 Å². The molecule has 0 saturated heterocycles. The lowest BCUT2D eigenvalue weighted by molar-refractivity contribution is 0.102. The van der Waals surface area contributed by atoms with Gasteiger partial charge in [-0.1, -0.05) is 34.1 Å². The number of carbonyl (C=O) groups is 1. The highest BCUT2D eigenvalue weighted by molar-refractivity contribution is 9.10. The van der Waals surface area contributed by atoms with Crippen molar-refractivity contribution in [2.24, 2.45) is 0 Å². The molecule has 4 heteroatoms. The summed E-state index contributed by atoms with van der Waals surface area (Å²) in [4.78, 5) is 12.0. The Morgan fingerprint density at radius 1 is 1.22 bits per heavy atom. The first-order valence-electron chi connectivity index (χ1n) is 5.50. The third-order valence-corrected chi connectivity index (χ3v) is 3.49. The summed E-state index contributed by atoms with van der Waals surface area (Å²) in [7, 11) is 0. The van der Waals surface area contributed by atoms with Crippen LogP contribution in [0.1, 0.15) is 15.9 Å². The molecule has 0 saturated carbocycles. The van der Waals surface area contributed by atoms with Crippen molar-refractivity contribution in [2.45, 2.75) is 6.92 Å². The maximum absolute atomic E-state index is 12.0. The Bertz CT molecular complexity index is 596. The molecule has 0 atom stereocenters. The number of nitrogens with two attached hydrogens (primary N) is 1. The summed E-state index contributed by atoms with van der Waals surface area (Å²) >= 11 is 3.43. The maximum Gasteiger partial charge on any atom is 0.257 e. The molecule has 2 rings (SSSR count). The fourth-order valence-electron chi connectivity index (χ4n) is 1.57. The summed E-state index contributed by atoms with van der Waals surface area (Å²) in [6.07, 6.45) is 0. The van der Waals surface area contributed by atoms with E-state index in [9.17, 15) is 4.79 Å². The minimum Gasteiger partial charge on any atom is -0.398 e. The second-order valence-corrected chi connectivity index (χ2v) is 4.86. The summed E-state index contributed by atoms with van der Waals surface area (Å²) in [5.74, 6) is -0.205. The molecular weight excluding hydrogens is 292 g/mol. The number of halogens is 1. The Kier molecular flexibility index (Phi) is 3.67. The number of nitrogens with one attached hydrogen (secondary N) is 1. The lowest BCUT2D eigenvalue weighted by Crippen LogP contribution is -2.13. The topological polar surface area (TPSA) is 55.1 Å². The Balaban J connectivity index is 2.22. The van der Waals surface area contributed by atoms with Gasteiger partial charge in [-0.25, -0.2) is 0 Å². The van der Waals surface area contributed by atoms with E-state index in [4.69, 9.17) is 5.73 Å². The Labute approximate surface area is 114 Å². The van der Waals surface area contributed by atoms with Crippen molar-refractivity contribution < 1.29 is 4.79 Å². The number of hydrogen-bond donors (Lipinski definition) is 2. The zero-order valence-electron chi connectivity index (χ0n) is 9.91. The summed E-state index contributed by atoms with van der Waals surface area (Å²) in [6.45, 7) is 1.99. The van der Waals surface area contributed by atoms with Gasteiger partial charge in [0.25, 0.3) is 5.91 Å². The normalized spacial score (nSPS) is 10.1. The first kappa shape index (κ1) is 12.6. The highest BCUT2D eigenvalue weighted by atomic mass is 79.9. The van der Waals surface area contributed by atoms with Crippen LogP contribution in [-0.2, 0) is 0 Å². The highest BCUT2D eigenvalue weighted by Gasteiger charge is 2.09. The quantitative estimate of drug-likeness (QED) is 0.833. The molecule has 3 nitrogen and oxygen atoms in total. The van der Waals surface area contributed by atoms with Gasteiger partial charge in [-0.3, -0.25) is 4.79 Å². The van der Waals surface area contributed by atoms with Crippen molar-refractivity contribution in [3.63, 3.8) is 0 Å². The van der Waals surface area contributed by atoms with E-state index >= 15 is 0 Å². The smallest absolute Gasteiger partial charge is 0.257 e. The number of anilines is 2. The van der Waals surface area contributed by atoms with Gasteiger partial charge in [-0.2, -0.15) is 0 Å². The Morgan fingerprint density at radius 2 is 1.94 bits per heavy atom. The van der Waals surface area contributed by atoms with Gasteiger partial charge < -0.3 is 11.1 Å². The molecule has 0 aliphatic carbocycles. The van der Waals surface area contributed by atoms with E-state index in [1.165, 1.54) is 0 Å². The Morgan fingerprint density at radius 3 is 2.61 bits per heavy atom. The third kappa shape index (κ3) is 2.71. The second-order valence-electron chi connectivity index (χ2n) is 4.01. The van der Waals surface area contributed by atoms with E-state index < -0.39 is 0 Å². The van der Waals surface area contributed by atoms with Gasteiger partial charge in [0.15, 0.2) is 0 Å². The van der Waals surface area contributed by atoms with Crippen molar-refractivity contribution in [3.8, 4) is 0 Å². The standard InChI is InChI=1S/C14H13BrN2O/c1-9-6-7-10(8-12(9)15)17-14(18)11-4-2-3-5-13(11)16/h2-8H,16H2,1H3,(H,17,18). The molecule has 1 amide bonds. The van der Waals surface area contributed by atoms with Crippen LogP contribution in [0.25, 0.3) is 0 Å². The lowest BCUT2D eigenvalue weighted by Gasteiger charge is -2.08. The molecule has 0 aromatic heterocycles. The number of para-hydroxylation sites is 1. The third-order valence-electron chi connectivity index (χ3n) is 2.64. The zero-order chi connectivity index (χ0) is 13.1. The SMILES string of the molecule is Cc1ccc(NC(=O)c2ccccc2N)cc1Br. The molecule has 3 N–H and O–H groups in total. The predicted octanol–water partition coefficient (Wildman–Crippen LogP) is 3.59. The molecule has 0 radical (unpaired) electrons. The fourth-order valence-corrected chi connectivity index (χ4v) is 1.95. The molecule has 0 heterocycles. The van der Waals surface area contributed by atoms with Crippen molar-refractivity contribution in [3.05, 3.63) is 58.1 Å². The van der Waals surface area contributed by atoms with Gasteiger partial charge in [-0.15, -0.1) is 0 Å². The van der Waals surface area contributed by atoms with Crippen LogP contribution in [0.5, 0.6) is 0 Å². The molecule has 0 spiro atoms. The van der Waals surface area contributed by atoms with Crippen LogP contribution in [-0.4, -0.2) is 5.91 Å². The second kappa shape index (κ2) is 5.23. The lowest BCUT2D eigenvalue weighted by atomic mass is 10.1. The van der Waals surface area contributed by atoms with Gasteiger partial charge >= 0.3 is 0 Å². The van der Waals surface area contributed by atoms with Gasteiger partial charge in [-0.05, 0) is 36.8 Å². The molecule has 18 heavy (non-hydrogen) atoms. The van der Waals surface area contributed by atoms with Crippen LogP contribution >= 0.6 is 15.9 Å². The first-order valence-corrected chi connectivity index (χ1v) is 6.29. The van der Waals surface area contributed by atoms with E-state index in [-0.39, 0.29) is 5.91 Å². The molecule has 0 aliphatic rings. The Hall–Kier alpha value is -1.81. The van der Waals surface area contributed by atoms with Crippen LogP contribution in [0.4, 0.5) is 11.4 Å². The fraction of sp³-hybridized carbons (Fsp3) is 0.0714. The van der Waals surface area contributed by atoms with Crippen LogP contribution in [0, 0.1) is 6.92 Å². The average molecular weight is 305 g/mol. The number of rotatable bonds is 2. The molecule has 0 unspecified atom stereocenters. The monoisotopic (exact) mass is 304 g/mol. The number of aryl methyl sites for hydroxylation is 1. The van der Waals surface area contributed by atoms with Crippen molar-refractivity contribution in [1.29, 1.82) is 0 Å². The molecular formula is C14H13BrN2O. The van der Waals surface area contributed by atoms with Gasteiger partial charge in [0.2, 0.25) is 0 Å². The minimum absolute atomic E-state index is 0.205. The van der Waals surface area contributed by atoms with Crippen LogP contribution in [0.3, 0.4) is 0 Å². The van der Waals surface area contributed by atoms with Crippen LogP contribution < -0.4 is 11.1 Å². The van der Waals surface area contributed by atoms with E-state index in [0.717, 1.165) is 15.7 Å². The number of amides is 1. The number of nitrogen functional groups attached to an aromatic ring is 1. The van der Waals surface area contributed by atoms with Gasteiger partial charge in [0, 0.05) is 15.8 Å². The first-order chi connectivity index (χ1) is 8.58. The predicted molar refractivity (Wildman–Crippen MR) is 77.7 cm³/mol. The van der Waals surface area contributed by atoms with E-state index in [0.29, 0.717) is 11.3 Å². The molecule has 0 bridgehead atoms. The van der Waals surface area contributed by atoms with Gasteiger partial charge in [0.05, 0.1) is 5.56 Å². The largest absolute Gasteiger partial charge is 0.398 e. The molecule has 2 aromatic rings. The van der Waals surface area contributed by atoms with E-state index in [1.807, 2.05) is 25.1 Å². The molecule has 0 aliphatic heterocycles. The van der Waals surface area contributed by atoms with Crippen molar-refractivity contribution in [1.82, 2.24) is 0 Å². The summed E-state index contributed by atoms with van der Waals surface area (Å²) in [5, 5.41) is 2.82. The average Bonchev–Trinajstić information content (AvgIpc) is 2.34. The maximum atomic E-state index is 12.0. The highest BCUT2D eigenvalue weighted by Crippen LogP contribution is 2.21. The van der Waals surface area contributed by atoms with Gasteiger partial charge in [0.1, 0.15) is 0 Å². The zero-order valence-corrected chi connectivity index (χ0v) is 11.5. The van der Waals surface area contributed by atoms with Crippen molar-refractivity contribution >= 4 is 33.2 Å². The summed E-state index contributed by atoms with van der Waals surface area (Å²) < 4.78 is 0.960.